The van der Waals surface area contributed by atoms with E-state index in [1.54, 1.807) is 12.1 Å². The average molecular weight is 355 g/mol. The van der Waals surface area contributed by atoms with Crippen molar-refractivity contribution in [3.8, 4) is 0 Å². The maximum atomic E-state index is 12.7. The Balaban J connectivity index is 1.56. The highest BCUT2D eigenvalue weighted by Gasteiger charge is 2.29. The molecule has 25 heavy (non-hydrogen) atoms. The first-order valence-electron chi connectivity index (χ1n) is 8.41. The number of aromatic amines is 1. The van der Waals surface area contributed by atoms with Crippen LogP contribution in [0.15, 0.2) is 48.5 Å². The van der Waals surface area contributed by atoms with Crippen LogP contribution in [0, 0.1) is 5.92 Å². The van der Waals surface area contributed by atoms with Crippen LogP contribution in [-0.4, -0.2) is 28.6 Å². The number of fused-ring (bicyclic) bond motifs is 2. The van der Waals surface area contributed by atoms with Gasteiger partial charge in [-0.25, -0.2) is 0 Å². The zero-order chi connectivity index (χ0) is 17.4. The van der Waals surface area contributed by atoms with Crippen molar-refractivity contribution >= 4 is 28.4 Å². The fourth-order valence-corrected chi connectivity index (χ4v) is 3.80. The molecule has 1 aliphatic rings. The fourth-order valence-electron chi connectivity index (χ4n) is 3.62. The molecule has 3 aromatic rings. The lowest BCUT2D eigenvalue weighted by Gasteiger charge is -2.32. The molecule has 0 fully saturated rings. The Bertz CT molecular complexity index is 934. The van der Waals surface area contributed by atoms with Gasteiger partial charge in [0.1, 0.15) is 5.69 Å². The molecular formula is C20H19ClN2O2. The van der Waals surface area contributed by atoms with Crippen LogP contribution in [0.5, 0.6) is 0 Å². The molecule has 0 saturated carbocycles. The van der Waals surface area contributed by atoms with Crippen LogP contribution in [0.2, 0.25) is 5.02 Å². The van der Waals surface area contributed by atoms with Gasteiger partial charge >= 0.3 is 0 Å². The number of halogens is 1. The minimum atomic E-state index is -0.157. The number of aromatic nitrogens is 1. The van der Waals surface area contributed by atoms with Gasteiger partial charge in [-0.3, -0.25) is 4.79 Å². The first kappa shape index (κ1) is 16.2. The molecule has 128 valence electrons. The Kier molecular flexibility index (Phi) is 4.24. The average Bonchev–Trinajstić information content (AvgIpc) is 3.04. The second-order valence-electron chi connectivity index (χ2n) is 6.61. The lowest BCUT2D eigenvalue weighted by molar-refractivity contribution is 0.0894. The van der Waals surface area contributed by atoms with Crippen LogP contribution < -0.4 is 5.32 Å². The summed E-state index contributed by atoms with van der Waals surface area (Å²) in [5, 5.41) is 14.4. The van der Waals surface area contributed by atoms with Crippen LogP contribution in [0.4, 0.5) is 0 Å². The van der Waals surface area contributed by atoms with Crippen LogP contribution in [-0.2, 0) is 12.8 Å². The van der Waals surface area contributed by atoms with Crippen molar-refractivity contribution in [1.29, 1.82) is 0 Å². The SMILES string of the molecule is O=C(NC1Cc2ccccc2C[C@H]1CO)c1cc2cc(Cl)ccc2[nH]1. The van der Waals surface area contributed by atoms with Crippen molar-refractivity contribution in [2.75, 3.05) is 6.61 Å². The van der Waals surface area contributed by atoms with Gasteiger partial charge < -0.3 is 15.4 Å². The number of hydrogen-bond donors (Lipinski definition) is 3. The van der Waals surface area contributed by atoms with E-state index in [2.05, 4.69) is 22.4 Å². The van der Waals surface area contributed by atoms with E-state index in [-0.39, 0.29) is 24.5 Å². The molecule has 5 heteroatoms. The molecule has 0 radical (unpaired) electrons. The van der Waals surface area contributed by atoms with Gasteiger partial charge in [0.25, 0.3) is 5.91 Å². The number of aliphatic hydroxyl groups excluding tert-OH is 1. The molecule has 0 saturated heterocycles. The number of amides is 1. The third kappa shape index (κ3) is 3.15. The third-order valence-corrected chi connectivity index (χ3v) is 5.22. The minimum Gasteiger partial charge on any atom is -0.396 e. The molecule has 2 aromatic carbocycles. The predicted octanol–water partition coefficient (Wildman–Crippen LogP) is 3.33. The summed E-state index contributed by atoms with van der Waals surface area (Å²) in [6.45, 7) is 0.0571. The number of H-pyrrole nitrogens is 1. The van der Waals surface area contributed by atoms with Crippen molar-refractivity contribution in [1.82, 2.24) is 10.3 Å². The number of benzene rings is 2. The second-order valence-corrected chi connectivity index (χ2v) is 7.05. The van der Waals surface area contributed by atoms with Gasteiger partial charge in [-0.15, -0.1) is 0 Å². The highest BCUT2D eigenvalue weighted by Crippen LogP contribution is 2.26. The summed E-state index contributed by atoms with van der Waals surface area (Å²) in [6, 6.07) is 15.4. The van der Waals surface area contributed by atoms with Crippen molar-refractivity contribution in [2.24, 2.45) is 5.92 Å². The number of aliphatic hydroxyl groups is 1. The van der Waals surface area contributed by atoms with Crippen LogP contribution in [0.25, 0.3) is 10.9 Å². The van der Waals surface area contributed by atoms with Crippen molar-refractivity contribution in [2.45, 2.75) is 18.9 Å². The molecule has 1 aliphatic carbocycles. The number of hydrogen-bond acceptors (Lipinski definition) is 2. The highest BCUT2D eigenvalue weighted by atomic mass is 35.5. The summed E-state index contributed by atoms with van der Waals surface area (Å²) in [5.74, 6) is -0.132. The maximum absolute atomic E-state index is 12.7. The predicted molar refractivity (Wildman–Crippen MR) is 99.0 cm³/mol. The Morgan fingerprint density at radius 3 is 2.68 bits per heavy atom. The van der Waals surface area contributed by atoms with Crippen molar-refractivity contribution in [3.63, 3.8) is 0 Å². The molecule has 0 aliphatic heterocycles. The molecule has 1 unspecified atom stereocenters. The largest absolute Gasteiger partial charge is 0.396 e. The Labute approximate surface area is 150 Å². The van der Waals surface area contributed by atoms with Crippen molar-refractivity contribution in [3.05, 3.63) is 70.4 Å². The summed E-state index contributed by atoms with van der Waals surface area (Å²) in [4.78, 5) is 15.8. The molecule has 2 atom stereocenters. The van der Waals surface area contributed by atoms with E-state index in [4.69, 9.17) is 11.6 Å². The van der Waals surface area contributed by atoms with Crippen LogP contribution in [0.1, 0.15) is 21.6 Å². The highest BCUT2D eigenvalue weighted by molar-refractivity contribution is 6.31. The quantitative estimate of drug-likeness (QED) is 0.675. The lowest BCUT2D eigenvalue weighted by Crippen LogP contribution is -2.46. The van der Waals surface area contributed by atoms with Gasteiger partial charge in [-0.1, -0.05) is 35.9 Å². The summed E-state index contributed by atoms with van der Waals surface area (Å²) >= 11 is 6.01. The lowest BCUT2D eigenvalue weighted by atomic mass is 9.80. The first-order valence-corrected chi connectivity index (χ1v) is 8.78. The minimum absolute atomic E-state index is 0.0256. The summed E-state index contributed by atoms with van der Waals surface area (Å²) < 4.78 is 0. The van der Waals surface area contributed by atoms with E-state index < -0.39 is 0 Å². The zero-order valence-corrected chi connectivity index (χ0v) is 14.4. The van der Waals surface area contributed by atoms with E-state index >= 15 is 0 Å². The van der Waals surface area contributed by atoms with E-state index in [1.165, 1.54) is 11.1 Å². The van der Waals surface area contributed by atoms with Gasteiger partial charge in [0.05, 0.1) is 0 Å². The smallest absolute Gasteiger partial charge is 0.267 e. The molecule has 0 spiro atoms. The Morgan fingerprint density at radius 1 is 1.16 bits per heavy atom. The molecule has 4 rings (SSSR count). The number of carbonyl (C=O) groups is 1. The number of carbonyl (C=O) groups excluding carboxylic acids is 1. The summed E-state index contributed by atoms with van der Waals surface area (Å²) in [5.41, 5.74) is 3.88. The van der Waals surface area contributed by atoms with Crippen LogP contribution in [0.3, 0.4) is 0 Å². The number of nitrogens with one attached hydrogen (secondary N) is 2. The standard InChI is InChI=1S/C20H19ClN2O2/c21-16-5-6-17-14(8-16)10-19(22-17)20(25)23-18-9-13-4-2-1-3-12(13)7-15(18)11-24/h1-6,8,10,15,18,22,24H,7,9,11H2,(H,23,25)/t15-,18?/m0/s1. The van der Waals surface area contributed by atoms with Crippen LogP contribution >= 0.6 is 11.6 Å². The maximum Gasteiger partial charge on any atom is 0.267 e. The molecule has 1 aromatic heterocycles. The third-order valence-electron chi connectivity index (χ3n) is 4.99. The van der Waals surface area contributed by atoms with Gasteiger partial charge in [-0.05, 0) is 48.2 Å². The molecule has 0 bridgehead atoms. The van der Waals surface area contributed by atoms with E-state index in [9.17, 15) is 9.90 Å². The summed E-state index contributed by atoms with van der Waals surface area (Å²) in [6.07, 6.45) is 1.51. The van der Waals surface area contributed by atoms with Gasteiger partial charge in [0, 0.05) is 34.5 Å². The fraction of sp³-hybridized carbons (Fsp3) is 0.250. The first-order chi connectivity index (χ1) is 12.1. The second kappa shape index (κ2) is 6.54. The van der Waals surface area contributed by atoms with Gasteiger partial charge in [0.2, 0.25) is 0 Å². The topological polar surface area (TPSA) is 65.1 Å². The van der Waals surface area contributed by atoms with Crippen molar-refractivity contribution < 1.29 is 9.90 Å². The molecule has 4 nitrogen and oxygen atoms in total. The Hall–Kier alpha value is -2.30. The molecule has 3 N–H and O–H groups in total. The van der Waals surface area contributed by atoms with Gasteiger partial charge in [-0.2, -0.15) is 0 Å². The van der Waals surface area contributed by atoms with E-state index in [0.717, 1.165) is 23.7 Å². The van der Waals surface area contributed by atoms with E-state index in [0.29, 0.717) is 10.7 Å². The van der Waals surface area contributed by atoms with Gasteiger partial charge in [0.15, 0.2) is 0 Å². The normalized spacial score (nSPS) is 19.6. The molecule has 1 amide bonds. The molecule has 1 heterocycles. The van der Waals surface area contributed by atoms with E-state index in [1.807, 2.05) is 24.3 Å². The summed E-state index contributed by atoms with van der Waals surface area (Å²) in [7, 11) is 0. The number of rotatable bonds is 3. The Morgan fingerprint density at radius 2 is 1.92 bits per heavy atom. The molecular weight excluding hydrogens is 336 g/mol. The monoisotopic (exact) mass is 354 g/mol. The zero-order valence-electron chi connectivity index (χ0n) is 13.6.